The number of Topliss-reactive ketones (excluding diaryl/α,β-unsaturated/α-hetero) is 1. The Morgan fingerprint density at radius 3 is 2.65 bits per heavy atom. The zero-order valence-corrected chi connectivity index (χ0v) is 14.7. The number of nitrogens with zero attached hydrogens (tertiary/aromatic N) is 3. The molecule has 3 rings (SSSR count). The molecule has 0 fully saturated rings. The minimum absolute atomic E-state index is 0.0103. The maximum Gasteiger partial charge on any atom is 0.341 e. The molecule has 0 unspecified atom stereocenters. The number of ether oxygens (including phenoxy) is 1. The third-order valence-corrected chi connectivity index (χ3v) is 4.70. The van der Waals surface area contributed by atoms with Gasteiger partial charge in [-0.3, -0.25) is 9.59 Å². The number of hydrogen-bond donors (Lipinski definition) is 0. The number of thioether (sulfide) groups is 1. The average Bonchev–Trinajstić information content (AvgIpc) is 2.66. The van der Waals surface area contributed by atoms with Gasteiger partial charge >= 0.3 is 5.97 Å². The molecule has 0 bridgehead atoms. The van der Waals surface area contributed by atoms with E-state index in [2.05, 4.69) is 10.3 Å². The first-order valence-electron chi connectivity index (χ1n) is 7.77. The van der Waals surface area contributed by atoms with Gasteiger partial charge in [0.2, 0.25) is 0 Å². The molecule has 0 radical (unpaired) electrons. The lowest BCUT2D eigenvalue weighted by Gasteiger charge is -2.09. The highest BCUT2D eigenvalue weighted by atomic mass is 32.2. The second-order valence-electron chi connectivity index (χ2n) is 5.46. The molecule has 2 aromatic carbocycles. The SMILES string of the molecule is CC(=O)CSc1ccccc1C(=O)OCn1nnc2ccccc2c1=O. The molecule has 0 amide bonds. The van der Waals surface area contributed by atoms with Crippen LogP contribution in [0.25, 0.3) is 10.9 Å². The smallest absolute Gasteiger partial charge is 0.341 e. The summed E-state index contributed by atoms with van der Waals surface area (Å²) >= 11 is 1.26. The Balaban J connectivity index is 1.77. The molecule has 8 heteroatoms. The van der Waals surface area contributed by atoms with Gasteiger partial charge in [-0.1, -0.05) is 29.5 Å². The van der Waals surface area contributed by atoms with Crippen LogP contribution in [-0.2, 0) is 16.3 Å². The van der Waals surface area contributed by atoms with Crippen LogP contribution in [0.15, 0.2) is 58.2 Å². The van der Waals surface area contributed by atoms with E-state index in [0.29, 0.717) is 21.4 Å². The quantitative estimate of drug-likeness (QED) is 0.486. The van der Waals surface area contributed by atoms with E-state index in [0.717, 1.165) is 4.68 Å². The number of rotatable bonds is 6. The maximum atomic E-state index is 12.4. The predicted octanol–water partition coefficient (Wildman–Crippen LogP) is 2.29. The van der Waals surface area contributed by atoms with Gasteiger partial charge in [-0.2, -0.15) is 4.68 Å². The fraction of sp³-hybridized carbons (Fsp3) is 0.167. The number of ketones is 1. The van der Waals surface area contributed by atoms with Gasteiger partial charge < -0.3 is 4.74 Å². The summed E-state index contributed by atoms with van der Waals surface area (Å²) in [7, 11) is 0. The lowest BCUT2D eigenvalue weighted by atomic mass is 10.2. The lowest BCUT2D eigenvalue weighted by Crippen LogP contribution is -2.26. The molecule has 1 heterocycles. The average molecular weight is 369 g/mol. The van der Waals surface area contributed by atoms with E-state index < -0.39 is 5.97 Å². The minimum atomic E-state index is -0.599. The summed E-state index contributed by atoms with van der Waals surface area (Å²) < 4.78 is 6.21. The molecular formula is C18H15N3O4S. The lowest BCUT2D eigenvalue weighted by molar-refractivity contribution is -0.114. The van der Waals surface area contributed by atoms with Crippen molar-refractivity contribution in [3.8, 4) is 0 Å². The Labute approximate surface area is 153 Å². The van der Waals surface area contributed by atoms with E-state index in [1.165, 1.54) is 18.7 Å². The van der Waals surface area contributed by atoms with Gasteiger partial charge in [-0.15, -0.1) is 16.9 Å². The van der Waals surface area contributed by atoms with Crippen LogP contribution in [0.5, 0.6) is 0 Å². The van der Waals surface area contributed by atoms with Crippen LogP contribution in [-0.4, -0.2) is 32.5 Å². The second-order valence-corrected chi connectivity index (χ2v) is 6.48. The molecule has 26 heavy (non-hydrogen) atoms. The van der Waals surface area contributed by atoms with E-state index in [1.54, 1.807) is 48.5 Å². The number of fused-ring (bicyclic) bond motifs is 1. The molecule has 1 aromatic heterocycles. The number of hydrogen-bond acceptors (Lipinski definition) is 7. The summed E-state index contributed by atoms with van der Waals surface area (Å²) in [5, 5.41) is 8.12. The van der Waals surface area contributed by atoms with Gasteiger partial charge in [0.05, 0.1) is 16.7 Å². The van der Waals surface area contributed by atoms with Crippen molar-refractivity contribution < 1.29 is 14.3 Å². The fourth-order valence-corrected chi connectivity index (χ4v) is 3.09. The molecule has 0 aliphatic carbocycles. The van der Waals surface area contributed by atoms with Crippen molar-refractivity contribution in [2.75, 3.05) is 5.75 Å². The molecule has 0 atom stereocenters. The number of benzene rings is 2. The summed E-state index contributed by atoms with van der Waals surface area (Å²) in [5.74, 6) is -0.324. The molecule has 0 saturated carbocycles. The largest absolute Gasteiger partial charge is 0.439 e. The first kappa shape index (κ1) is 17.8. The van der Waals surface area contributed by atoms with Crippen molar-refractivity contribution >= 4 is 34.4 Å². The third-order valence-electron chi connectivity index (χ3n) is 3.49. The van der Waals surface area contributed by atoms with E-state index in [9.17, 15) is 14.4 Å². The first-order valence-corrected chi connectivity index (χ1v) is 8.76. The van der Waals surface area contributed by atoms with E-state index in [-0.39, 0.29) is 23.8 Å². The van der Waals surface area contributed by atoms with Gasteiger partial charge in [0.25, 0.3) is 5.56 Å². The van der Waals surface area contributed by atoms with Crippen LogP contribution in [0.1, 0.15) is 17.3 Å². The summed E-state index contributed by atoms with van der Waals surface area (Å²) in [6, 6.07) is 13.6. The minimum Gasteiger partial charge on any atom is -0.439 e. The highest BCUT2D eigenvalue weighted by Gasteiger charge is 2.14. The van der Waals surface area contributed by atoms with Gasteiger partial charge in [0, 0.05) is 4.90 Å². The van der Waals surface area contributed by atoms with Gasteiger partial charge in [-0.05, 0) is 31.2 Å². The summed E-state index contributed by atoms with van der Waals surface area (Å²) in [6.07, 6.45) is 0. The first-order chi connectivity index (χ1) is 12.6. The van der Waals surface area contributed by atoms with E-state index in [1.807, 2.05) is 0 Å². The summed E-state index contributed by atoms with van der Waals surface area (Å²) in [4.78, 5) is 36.5. The standard InChI is InChI=1S/C18H15N3O4S/c1-12(22)10-26-16-9-5-3-7-14(16)18(24)25-11-21-17(23)13-6-2-4-8-15(13)19-20-21/h2-9H,10-11H2,1H3. The van der Waals surface area contributed by atoms with E-state index >= 15 is 0 Å². The van der Waals surface area contributed by atoms with Crippen LogP contribution < -0.4 is 5.56 Å². The van der Waals surface area contributed by atoms with Crippen LogP contribution in [0.4, 0.5) is 0 Å². The normalized spacial score (nSPS) is 10.7. The molecule has 0 spiro atoms. The molecular weight excluding hydrogens is 354 g/mol. The fourth-order valence-electron chi connectivity index (χ4n) is 2.25. The predicted molar refractivity (Wildman–Crippen MR) is 97.1 cm³/mol. The molecule has 132 valence electrons. The molecule has 0 N–H and O–H groups in total. The molecule has 0 saturated heterocycles. The number of aromatic nitrogens is 3. The van der Waals surface area contributed by atoms with E-state index in [4.69, 9.17) is 4.74 Å². The zero-order chi connectivity index (χ0) is 18.5. The monoisotopic (exact) mass is 369 g/mol. The molecule has 0 aliphatic rings. The Bertz CT molecular complexity index is 1030. The van der Waals surface area contributed by atoms with Crippen molar-refractivity contribution in [3.63, 3.8) is 0 Å². The number of carbonyl (C=O) groups is 2. The number of carbonyl (C=O) groups excluding carboxylic acids is 2. The van der Waals surface area contributed by atoms with Gasteiger partial charge in [0.1, 0.15) is 11.3 Å². The molecule has 3 aromatic rings. The van der Waals surface area contributed by atoms with Crippen molar-refractivity contribution in [3.05, 3.63) is 64.4 Å². The van der Waals surface area contributed by atoms with Gasteiger partial charge in [-0.25, -0.2) is 4.79 Å². The maximum absolute atomic E-state index is 12.4. The van der Waals surface area contributed by atoms with Crippen molar-refractivity contribution in [1.29, 1.82) is 0 Å². The highest BCUT2D eigenvalue weighted by Crippen LogP contribution is 2.23. The van der Waals surface area contributed by atoms with Crippen molar-refractivity contribution in [2.45, 2.75) is 18.6 Å². The Morgan fingerprint density at radius 1 is 1.12 bits per heavy atom. The van der Waals surface area contributed by atoms with Crippen LogP contribution in [0.2, 0.25) is 0 Å². The van der Waals surface area contributed by atoms with Crippen molar-refractivity contribution in [1.82, 2.24) is 15.0 Å². The second kappa shape index (κ2) is 7.92. The number of esters is 1. The molecule has 0 aliphatic heterocycles. The summed E-state index contributed by atoms with van der Waals surface area (Å²) in [5.41, 5.74) is 0.425. The zero-order valence-electron chi connectivity index (χ0n) is 13.9. The van der Waals surface area contributed by atoms with Crippen LogP contribution >= 0.6 is 11.8 Å². The Hall–Kier alpha value is -3.00. The topological polar surface area (TPSA) is 91.2 Å². The van der Waals surface area contributed by atoms with Crippen molar-refractivity contribution in [2.24, 2.45) is 0 Å². The van der Waals surface area contributed by atoms with Crippen LogP contribution in [0.3, 0.4) is 0 Å². The highest BCUT2D eigenvalue weighted by molar-refractivity contribution is 8.00. The Kier molecular flexibility index (Phi) is 5.43. The third kappa shape index (κ3) is 3.97. The Morgan fingerprint density at radius 2 is 1.85 bits per heavy atom. The van der Waals surface area contributed by atoms with Crippen LogP contribution in [0, 0.1) is 0 Å². The summed E-state index contributed by atoms with van der Waals surface area (Å²) in [6.45, 7) is 1.14. The van der Waals surface area contributed by atoms with Gasteiger partial charge in [0.15, 0.2) is 6.73 Å². The molecule has 7 nitrogen and oxygen atoms in total.